The Labute approximate surface area is 153 Å². The maximum absolute atomic E-state index is 11.0. The molecule has 2 aromatic rings. The fraction of sp³-hybridized carbons (Fsp3) is 0.421. The highest BCUT2D eigenvalue weighted by molar-refractivity contribution is 5.83. The summed E-state index contributed by atoms with van der Waals surface area (Å²) in [7, 11) is 1.40. The summed E-state index contributed by atoms with van der Waals surface area (Å²) in [6.07, 6.45) is 1.30. The zero-order valence-electron chi connectivity index (χ0n) is 15.6. The van der Waals surface area contributed by atoms with Crippen molar-refractivity contribution in [3.05, 3.63) is 36.5 Å². The fourth-order valence-electron chi connectivity index (χ4n) is 2.72. The minimum absolute atomic E-state index is 0.128. The Kier molecular flexibility index (Phi) is 6.15. The van der Waals surface area contributed by atoms with Gasteiger partial charge in [-0.3, -0.25) is 0 Å². The molecular formula is C19H26N4O3. The first-order chi connectivity index (χ1) is 12.2. The van der Waals surface area contributed by atoms with Crippen LogP contribution in [0.1, 0.15) is 27.2 Å². The minimum Gasteiger partial charge on any atom is -0.492 e. The minimum atomic E-state index is -1.11. The lowest BCUT2D eigenvalue weighted by Gasteiger charge is -2.26. The molecule has 0 spiro atoms. The third-order valence-electron chi connectivity index (χ3n) is 3.82. The third-order valence-corrected chi connectivity index (χ3v) is 3.82. The number of hydrogen-bond acceptors (Lipinski definition) is 5. The largest absolute Gasteiger partial charge is 0.492 e. The van der Waals surface area contributed by atoms with Crippen LogP contribution in [0.5, 0.6) is 5.75 Å². The molecule has 0 saturated carbocycles. The van der Waals surface area contributed by atoms with Crippen LogP contribution in [0.4, 0.5) is 10.7 Å². The summed E-state index contributed by atoms with van der Waals surface area (Å²) in [6.45, 7) is 6.70. The van der Waals surface area contributed by atoms with E-state index in [-0.39, 0.29) is 11.5 Å². The zero-order chi connectivity index (χ0) is 19.3. The Hall–Kier alpha value is -2.67. The second kappa shape index (κ2) is 8.14. The van der Waals surface area contributed by atoms with Crippen LogP contribution in [0.2, 0.25) is 0 Å². The summed E-state index contributed by atoms with van der Waals surface area (Å²) in [5, 5.41) is 9.03. The molecule has 140 valence electrons. The van der Waals surface area contributed by atoms with Gasteiger partial charge in [0.15, 0.2) is 0 Å². The Balaban J connectivity index is 2.08. The monoisotopic (exact) mass is 358 g/mol. The molecule has 1 aromatic carbocycles. The van der Waals surface area contributed by atoms with Crippen LogP contribution in [0, 0.1) is 5.92 Å². The van der Waals surface area contributed by atoms with E-state index in [2.05, 4.69) is 23.8 Å². The molecule has 2 rings (SSSR count). The number of amides is 1. The summed E-state index contributed by atoms with van der Waals surface area (Å²) in [5.74, 6) is 1.36. The molecule has 1 heterocycles. The van der Waals surface area contributed by atoms with Gasteiger partial charge in [-0.2, -0.15) is 0 Å². The summed E-state index contributed by atoms with van der Waals surface area (Å²) in [6, 6.07) is 9.18. The van der Waals surface area contributed by atoms with Crippen molar-refractivity contribution < 1.29 is 14.6 Å². The smallest absolute Gasteiger partial charge is 0.413 e. The highest BCUT2D eigenvalue weighted by Crippen LogP contribution is 2.23. The molecule has 0 aliphatic rings. The molecule has 7 nitrogen and oxygen atoms in total. The van der Waals surface area contributed by atoms with Crippen molar-refractivity contribution in [1.82, 2.24) is 9.97 Å². The third kappa shape index (κ3) is 5.42. The number of benzene rings is 1. The summed E-state index contributed by atoms with van der Waals surface area (Å²) >= 11 is 0. The van der Waals surface area contributed by atoms with E-state index in [0.717, 1.165) is 22.6 Å². The summed E-state index contributed by atoms with van der Waals surface area (Å²) in [4.78, 5) is 20.3. The number of aromatic nitrogens is 2. The molecule has 0 bridgehead atoms. The van der Waals surface area contributed by atoms with Crippen LogP contribution in [0.3, 0.4) is 0 Å². The van der Waals surface area contributed by atoms with Crippen molar-refractivity contribution in [3.8, 4) is 17.0 Å². The van der Waals surface area contributed by atoms with Crippen molar-refractivity contribution >= 4 is 12.0 Å². The first-order valence-corrected chi connectivity index (χ1v) is 8.50. The number of carboxylic acid groups (broad SMARTS) is 1. The fourth-order valence-corrected chi connectivity index (χ4v) is 2.72. The van der Waals surface area contributed by atoms with E-state index in [1.165, 1.54) is 13.2 Å². The summed E-state index contributed by atoms with van der Waals surface area (Å²) < 4.78 is 5.81. The quantitative estimate of drug-likeness (QED) is 0.786. The molecule has 26 heavy (non-hydrogen) atoms. The van der Waals surface area contributed by atoms with Crippen LogP contribution in [-0.4, -0.2) is 40.4 Å². The molecule has 1 aromatic heterocycles. The number of hydrogen-bond donors (Lipinski definition) is 2. The Morgan fingerprint density at radius 2 is 1.96 bits per heavy atom. The van der Waals surface area contributed by atoms with E-state index >= 15 is 0 Å². The second-order valence-corrected chi connectivity index (χ2v) is 7.15. The SMILES string of the molecule is CC(C)CC(C)(N)COc1ccc(-c2ccnc(N(C)C(=O)O)n2)cc1. The first-order valence-electron chi connectivity index (χ1n) is 8.50. The number of ether oxygens (including phenoxy) is 1. The predicted octanol–water partition coefficient (Wildman–Crippen LogP) is 3.40. The predicted molar refractivity (Wildman–Crippen MR) is 101 cm³/mol. The Bertz CT molecular complexity index is 745. The van der Waals surface area contributed by atoms with Crippen molar-refractivity contribution in [2.45, 2.75) is 32.7 Å². The Morgan fingerprint density at radius 3 is 2.54 bits per heavy atom. The lowest BCUT2D eigenvalue weighted by molar-refractivity contribution is 0.203. The van der Waals surface area contributed by atoms with Gasteiger partial charge in [0, 0.05) is 24.3 Å². The van der Waals surface area contributed by atoms with Gasteiger partial charge >= 0.3 is 6.09 Å². The standard InChI is InChI=1S/C19H26N4O3/c1-13(2)11-19(3,20)12-26-15-7-5-14(6-8-15)16-9-10-21-17(22-16)23(4)18(24)25/h5-10,13H,11-12,20H2,1-4H3,(H,24,25). The van der Waals surface area contributed by atoms with E-state index in [1.54, 1.807) is 6.07 Å². The topological polar surface area (TPSA) is 102 Å². The molecule has 0 radical (unpaired) electrons. The lowest BCUT2D eigenvalue weighted by atomic mass is 9.93. The van der Waals surface area contributed by atoms with E-state index in [0.29, 0.717) is 18.2 Å². The highest BCUT2D eigenvalue weighted by atomic mass is 16.5. The van der Waals surface area contributed by atoms with Gasteiger partial charge in [0.1, 0.15) is 12.4 Å². The van der Waals surface area contributed by atoms with E-state index in [9.17, 15) is 4.79 Å². The number of nitrogens with two attached hydrogens (primary N) is 1. The van der Waals surface area contributed by atoms with Gasteiger partial charge in [-0.1, -0.05) is 13.8 Å². The maximum Gasteiger partial charge on any atom is 0.413 e. The molecule has 0 aliphatic heterocycles. The molecule has 0 fully saturated rings. The molecule has 0 saturated heterocycles. The number of nitrogens with zero attached hydrogens (tertiary/aromatic N) is 3. The van der Waals surface area contributed by atoms with Gasteiger partial charge < -0.3 is 15.6 Å². The number of carbonyl (C=O) groups is 1. The van der Waals surface area contributed by atoms with Gasteiger partial charge in [0.05, 0.1) is 5.69 Å². The van der Waals surface area contributed by atoms with Crippen LogP contribution in [0.25, 0.3) is 11.3 Å². The average molecular weight is 358 g/mol. The second-order valence-electron chi connectivity index (χ2n) is 7.15. The van der Waals surface area contributed by atoms with Gasteiger partial charge in [-0.15, -0.1) is 0 Å². The Morgan fingerprint density at radius 1 is 1.31 bits per heavy atom. The van der Waals surface area contributed by atoms with Crippen molar-refractivity contribution in [2.75, 3.05) is 18.6 Å². The van der Waals surface area contributed by atoms with E-state index in [4.69, 9.17) is 15.6 Å². The summed E-state index contributed by atoms with van der Waals surface area (Å²) in [5.41, 5.74) is 7.36. The number of rotatable bonds is 7. The maximum atomic E-state index is 11.0. The van der Waals surface area contributed by atoms with Gasteiger partial charge in [0.2, 0.25) is 5.95 Å². The highest BCUT2D eigenvalue weighted by Gasteiger charge is 2.21. The van der Waals surface area contributed by atoms with Crippen LogP contribution in [0.15, 0.2) is 36.5 Å². The molecule has 1 amide bonds. The van der Waals surface area contributed by atoms with Gasteiger partial charge in [-0.05, 0) is 49.6 Å². The molecule has 0 aliphatic carbocycles. The van der Waals surface area contributed by atoms with Crippen LogP contribution >= 0.6 is 0 Å². The number of anilines is 1. The molecule has 1 atom stereocenters. The lowest BCUT2D eigenvalue weighted by Crippen LogP contribution is -2.43. The van der Waals surface area contributed by atoms with Gasteiger partial charge in [0.25, 0.3) is 0 Å². The average Bonchev–Trinajstić information content (AvgIpc) is 2.59. The zero-order valence-corrected chi connectivity index (χ0v) is 15.6. The van der Waals surface area contributed by atoms with Gasteiger partial charge in [-0.25, -0.2) is 19.7 Å². The van der Waals surface area contributed by atoms with Crippen LogP contribution in [-0.2, 0) is 0 Å². The van der Waals surface area contributed by atoms with Crippen molar-refractivity contribution in [2.24, 2.45) is 11.7 Å². The normalized spacial score (nSPS) is 13.3. The molecule has 3 N–H and O–H groups in total. The van der Waals surface area contributed by atoms with Crippen molar-refractivity contribution in [3.63, 3.8) is 0 Å². The first kappa shape index (κ1) is 19.7. The van der Waals surface area contributed by atoms with E-state index < -0.39 is 6.09 Å². The molecule has 7 heteroatoms. The molecule has 1 unspecified atom stereocenters. The van der Waals surface area contributed by atoms with Crippen molar-refractivity contribution in [1.29, 1.82) is 0 Å². The molecular weight excluding hydrogens is 332 g/mol. The van der Waals surface area contributed by atoms with Crippen LogP contribution < -0.4 is 15.4 Å². The van der Waals surface area contributed by atoms with E-state index in [1.807, 2.05) is 31.2 Å².